The Bertz CT molecular complexity index is 981. The van der Waals surface area contributed by atoms with Crippen LogP contribution in [0.3, 0.4) is 0 Å². The molecule has 10 heteroatoms. The topological polar surface area (TPSA) is 158 Å². The number of H-pyrrole nitrogens is 1. The highest BCUT2D eigenvalue weighted by molar-refractivity contribution is 6.13. The molecule has 24 heavy (non-hydrogen) atoms. The largest absolute Gasteiger partial charge is 0.478 e. The zero-order valence-corrected chi connectivity index (χ0v) is 11.8. The van der Waals surface area contributed by atoms with E-state index in [1.54, 1.807) is 0 Å². The average molecular weight is 327 g/mol. The van der Waals surface area contributed by atoms with E-state index in [4.69, 9.17) is 10.2 Å². The lowest BCUT2D eigenvalue weighted by Crippen LogP contribution is -2.16. The maximum atomic E-state index is 12.3. The lowest BCUT2D eigenvalue weighted by atomic mass is 10.1. The molecule has 1 aromatic carbocycles. The van der Waals surface area contributed by atoms with Gasteiger partial charge in [0, 0.05) is 0 Å². The van der Waals surface area contributed by atoms with Gasteiger partial charge in [-0.2, -0.15) is 5.10 Å². The first-order valence-electron chi connectivity index (χ1n) is 6.55. The molecule has 0 radical (unpaired) electrons. The number of carbonyl (C=O) groups is 3. The van der Waals surface area contributed by atoms with Crippen LogP contribution in [0.4, 0.5) is 5.82 Å². The molecule has 2 heterocycles. The van der Waals surface area contributed by atoms with Crippen LogP contribution in [0.5, 0.6) is 0 Å². The molecule has 0 aliphatic carbocycles. The number of anilines is 1. The zero-order valence-electron chi connectivity index (χ0n) is 11.8. The third kappa shape index (κ3) is 2.52. The van der Waals surface area contributed by atoms with Crippen LogP contribution in [0.15, 0.2) is 30.6 Å². The van der Waals surface area contributed by atoms with E-state index in [2.05, 4.69) is 25.5 Å². The maximum Gasteiger partial charge on any atom is 0.356 e. The van der Waals surface area contributed by atoms with Gasteiger partial charge in [-0.1, -0.05) is 12.1 Å². The van der Waals surface area contributed by atoms with Crippen molar-refractivity contribution in [3.63, 3.8) is 0 Å². The first-order chi connectivity index (χ1) is 11.5. The number of aromatic amines is 1. The van der Waals surface area contributed by atoms with Gasteiger partial charge in [-0.05, 0) is 12.1 Å². The molecule has 0 atom stereocenters. The minimum absolute atomic E-state index is 0.0277. The van der Waals surface area contributed by atoms with E-state index >= 15 is 0 Å². The molecule has 0 saturated carbocycles. The van der Waals surface area contributed by atoms with Crippen LogP contribution >= 0.6 is 0 Å². The highest BCUT2D eigenvalue weighted by Crippen LogP contribution is 2.21. The van der Waals surface area contributed by atoms with Crippen LogP contribution < -0.4 is 5.32 Å². The second kappa shape index (κ2) is 5.76. The molecule has 0 fully saturated rings. The monoisotopic (exact) mass is 327 g/mol. The molecule has 4 N–H and O–H groups in total. The Morgan fingerprint density at radius 1 is 1.00 bits per heavy atom. The summed E-state index contributed by atoms with van der Waals surface area (Å²) >= 11 is 0. The smallest absolute Gasteiger partial charge is 0.356 e. The van der Waals surface area contributed by atoms with Gasteiger partial charge in [0.25, 0.3) is 5.91 Å². The van der Waals surface area contributed by atoms with Crippen molar-refractivity contribution in [2.75, 3.05) is 5.32 Å². The van der Waals surface area contributed by atoms with Gasteiger partial charge < -0.3 is 15.5 Å². The van der Waals surface area contributed by atoms with Crippen LogP contribution in [0.25, 0.3) is 11.0 Å². The van der Waals surface area contributed by atoms with Gasteiger partial charge in [0.1, 0.15) is 17.4 Å². The number of carbonyl (C=O) groups excluding carboxylic acids is 1. The number of aromatic nitrogens is 4. The maximum absolute atomic E-state index is 12.3. The molecule has 2 aromatic heterocycles. The highest BCUT2D eigenvalue weighted by Gasteiger charge is 2.20. The van der Waals surface area contributed by atoms with E-state index in [0.717, 1.165) is 6.33 Å². The second-order valence-electron chi connectivity index (χ2n) is 4.63. The molecular formula is C14H9N5O5. The van der Waals surface area contributed by atoms with Crippen molar-refractivity contribution in [2.45, 2.75) is 0 Å². The predicted molar refractivity (Wildman–Crippen MR) is 80.0 cm³/mol. The van der Waals surface area contributed by atoms with Crippen LogP contribution in [-0.2, 0) is 0 Å². The van der Waals surface area contributed by atoms with E-state index in [9.17, 15) is 14.4 Å². The summed E-state index contributed by atoms with van der Waals surface area (Å²) in [5, 5.41) is 26.8. The molecule has 10 nitrogen and oxygen atoms in total. The first kappa shape index (κ1) is 15.1. The quantitative estimate of drug-likeness (QED) is 0.552. The minimum Gasteiger partial charge on any atom is -0.478 e. The van der Waals surface area contributed by atoms with Crippen molar-refractivity contribution in [3.05, 3.63) is 47.4 Å². The lowest BCUT2D eigenvalue weighted by molar-refractivity contribution is 0.0682. The highest BCUT2D eigenvalue weighted by atomic mass is 16.4. The molecule has 3 aromatic rings. The molecule has 0 spiro atoms. The zero-order chi connectivity index (χ0) is 17.3. The van der Waals surface area contributed by atoms with Crippen molar-refractivity contribution < 1.29 is 24.6 Å². The average Bonchev–Trinajstić information content (AvgIpc) is 2.97. The molecule has 3 rings (SSSR count). The standard InChI is InChI=1S/C14H9N5O5/c20-12(6-3-1-2-4-7(6)13(21)22)17-11-9-8(18-19-11)10(14(23)24)16-5-15-9/h1-5H,(H,21,22)(H,23,24)(H2,17,18,19,20). The summed E-state index contributed by atoms with van der Waals surface area (Å²) in [5.74, 6) is -3.26. The molecule has 0 unspecified atom stereocenters. The number of rotatable bonds is 4. The Labute approximate surface area is 133 Å². The lowest BCUT2D eigenvalue weighted by Gasteiger charge is -2.05. The van der Waals surface area contributed by atoms with E-state index in [1.165, 1.54) is 24.3 Å². The summed E-state index contributed by atoms with van der Waals surface area (Å²) in [7, 11) is 0. The number of benzene rings is 1. The van der Waals surface area contributed by atoms with Gasteiger partial charge in [-0.3, -0.25) is 9.89 Å². The molecule has 1 amide bonds. The molecule has 0 bridgehead atoms. The Morgan fingerprint density at radius 3 is 2.38 bits per heavy atom. The number of fused-ring (bicyclic) bond motifs is 1. The van der Waals surface area contributed by atoms with Crippen molar-refractivity contribution >= 4 is 34.7 Å². The first-order valence-corrected chi connectivity index (χ1v) is 6.55. The molecular weight excluding hydrogens is 318 g/mol. The summed E-state index contributed by atoms with van der Waals surface area (Å²) in [6.45, 7) is 0. The normalized spacial score (nSPS) is 10.5. The third-order valence-corrected chi connectivity index (χ3v) is 3.19. The molecule has 120 valence electrons. The fraction of sp³-hybridized carbons (Fsp3) is 0. The van der Waals surface area contributed by atoms with Crippen molar-refractivity contribution in [2.24, 2.45) is 0 Å². The number of hydrogen-bond acceptors (Lipinski definition) is 6. The van der Waals surface area contributed by atoms with Crippen molar-refractivity contribution in [1.82, 2.24) is 20.2 Å². The summed E-state index contributed by atoms with van der Waals surface area (Å²) in [6.07, 6.45) is 1.03. The number of amides is 1. The van der Waals surface area contributed by atoms with Crippen molar-refractivity contribution in [1.29, 1.82) is 0 Å². The molecule has 0 aliphatic rings. The summed E-state index contributed by atoms with van der Waals surface area (Å²) in [4.78, 5) is 42.1. The van der Waals surface area contributed by atoms with Crippen LogP contribution in [-0.4, -0.2) is 48.2 Å². The number of nitrogens with zero attached hydrogens (tertiary/aromatic N) is 3. The van der Waals surface area contributed by atoms with Gasteiger partial charge >= 0.3 is 11.9 Å². The number of hydrogen-bond donors (Lipinski definition) is 4. The van der Waals surface area contributed by atoms with E-state index in [1.807, 2.05) is 0 Å². The van der Waals surface area contributed by atoms with E-state index in [-0.39, 0.29) is 33.7 Å². The van der Waals surface area contributed by atoms with Gasteiger partial charge in [0.05, 0.1) is 11.1 Å². The number of aromatic carboxylic acids is 2. The number of carboxylic acids is 2. The Kier molecular flexibility index (Phi) is 3.62. The summed E-state index contributed by atoms with van der Waals surface area (Å²) in [5.41, 5.74) is -0.376. The SMILES string of the molecule is O=C(O)c1ccccc1C(=O)Nc1n[nH]c2c(C(=O)O)ncnc12. The number of carboxylic acid groups (broad SMARTS) is 2. The number of nitrogens with one attached hydrogen (secondary N) is 2. The Hall–Kier alpha value is -3.82. The Morgan fingerprint density at radius 2 is 1.71 bits per heavy atom. The van der Waals surface area contributed by atoms with Gasteiger partial charge in [0.15, 0.2) is 11.5 Å². The van der Waals surface area contributed by atoms with Crippen LogP contribution in [0, 0.1) is 0 Å². The van der Waals surface area contributed by atoms with Gasteiger partial charge in [-0.25, -0.2) is 19.6 Å². The van der Waals surface area contributed by atoms with Gasteiger partial charge in [0.2, 0.25) is 0 Å². The minimum atomic E-state index is -1.28. The molecule has 0 aliphatic heterocycles. The summed E-state index contributed by atoms with van der Waals surface area (Å²) in [6, 6.07) is 5.67. The Balaban J connectivity index is 1.99. The predicted octanol–water partition coefficient (Wildman–Crippen LogP) is 1.00. The van der Waals surface area contributed by atoms with E-state index < -0.39 is 17.8 Å². The van der Waals surface area contributed by atoms with Gasteiger partial charge in [-0.15, -0.1) is 0 Å². The van der Waals surface area contributed by atoms with E-state index in [0.29, 0.717) is 0 Å². The van der Waals surface area contributed by atoms with Crippen LogP contribution in [0.2, 0.25) is 0 Å². The molecule has 0 saturated heterocycles. The van der Waals surface area contributed by atoms with Crippen molar-refractivity contribution in [3.8, 4) is 0 Å². The third-order valence-electron chi connectivity index (χ3n) is 3.19. The fourth-order valence-electron chi connectivity index (χ4n) is 2.13. The second-order valence-corrected chi connectivity index (χ2v) is 4.63. The van der Waals surface area contributed by atoms with Crippen LogP contribution in [0.1, 0.15) is 31.2 Å². The fourth-order valence-corrected chi connectivity index (χ4v) is 2.13. The summed E-state index contributed by atoms with van der Waals surface area (Å²) < 4.78 is 0.